The maximum atomic E-state index is 12.2. The summed E-state index contributed by atoms with van der Waals surface area (Å²) >= 11 is 1.57. The Kier molecular flexibility index (Phi) is 8.89. The van der Waals surface area contributed by atoms with Crippen molar-refractivity contribution in [1.82, 2.24) is 9.80 Å². The second-order valence-electron chi connectivity index (χ2n) is 5.30. The summed E-state index contributed by atoms with van der Waals surface area (Å²) in [5, 5.41) is 2.89. The van der Waals surface area contributed by atoms with Gasteiger partial charge in [-0.25, -0.2) is 0 Å². The van der Waals surface area contributed by atoms with Gasteiger partial charge in [0.05, 0.1) is 18.8 Å². The number of thioether (sulfide) groups is 1. The van der Waals surface area contributed by atoms with Crippen molar-refractivity contribution in [1.29, 1.82) is 0 Å². The fourth-order valence-corrected chi connectivity index (χ4v) is 2.71. The molecular formula is C18H25N3O2S. The molecule has 1 N–H and O–H groups in total. The minimum Gasteiger partial charge on any atom is -0.334 e. The van der Waals surface area contributed by atoms with E-state index < -0.39 is 0 Å². The number of rotatable bonds is 10. The fourth-order valence-electron chi connectivity index (χ4n) is 2.16. The first-order chi connectivity index (χ1) is 11.5. The Morgan fingerprint density at radius 2 is 1.79 bits per heavy atom. The predicted molar refractivity (Wildman–Crippen MR) is 101 cm³/mol. The molecule has 0 fully saturated rings. The van der Waals surface area contributed by atoms with Gasteiger partial charge in [-0.15, -0.1) is 24.9 Å². The second-order valence-corrected chi connectivity index (χ2v) is 6.14. The number of para-hydroxylation sites is 1. The van der Waals surface area contributed by atoms with Gasteiger partial charge in [-0.05, 0) is 25.4 Å². The van der Waals surface area contributed by atoms with Crippen LogP contribution in [0.4, 0.5) is 5.69 Å². The zero-order chi connectivity index (χ0) is 17.9. The average molecular weight is 347 g/mol. The SMILES string of the molecule is C=CCN(CC=C)C(=O)CN(C)CC(=O)Nc1ccccc1SC. The molecule has 0 aliphatic rings. The number of carbonyl (C=O) groups excluding carboxylic acids is 2. The largest absolute Gasteiger partial charge is 0.334 e. The first kappa shape index (κ1) is 20.0. The Bertz CT molecular complexity index is 579. The van der Waals surface area contributed by atoms with E-state index in [9.17, 15) is 9.59 Å². The highest BCUT2D eigenvalue weighted by Gasteiger charge is 2.15. The van der Waals surface area contributed by atoms with Crippen LogP contribution in [0.1, 0.15) is 0 Å². The number of hydrogen-bond acceptors (Lipinski definition) is 4. The summed E-state index contributed by atoms with van der Waals surface area (Å²) < 4.78 is 0. The number of amides is 2. The van der Waals surface area contributed by atoms with E-state index in [0.29, 0.717) is 13.1 Å². The third-order valence-electron chi connectivity index (χ3n) is 3.25. The van der Waals surface area contributed by atoms with Crippen molar-refractivity contribution in [2.45, 2.75) is 4.90 Å². The summed E-state index contributed by atoms with van der Waals surface area (Å²) in [5.74, 6) is -0.208. The van der Waals surface area contributed by atoms with Gasteiger partial charge in [-0.2, -0.15) is 0 Å². The molecule has 0 atom stereocenters. The van der Waals surface area contributed by atoms with E-state index in [2.05, 4.69) is 18.5 Å². The highest BCUT2D eigenvalue weighted by molar-refractivity contribution is 7.98. The van der Waals surface area contributed by atoms with Gasteiger partial charge in [0.15, 0.2) is 0 Å². The van der Waals surface area contributed by atoms with Gasteiger partial charge < -0.3 is 10.2 Å². The zero-order valence-electron chi connectivity index (χ0n) is 14.3. The first-order valence-electron chi connectivity index (χ1n) is 7.62. The molecule has 0 unspecified atom stereocenters. The number of likely N-dealkylation sites (N-methyl/N-ethyl adjacent to an activating group) is 1. The summed E-state index contributed by atoms with van der Waals surface area (Å²) in [6.07, 6.45) is 5.31. The van der Waals surface area contributed by atoms with Gasteiger partial charge in [0.1, 0.15) is 0 Å². The van der Waals surface area contributed by atoms with E-state index in [1.807, 2.05) is 30.5 Å². The number of hydrogen-bond donors (Lipinski definition) is 1. The number of nitrogens with zero attached hydrogens (tertiary/aromatic N) is 2. The van der Waals surface area contributed by atoms with Gasteiger partial charge in [0.25, 0.3) is 0 Å². The van der Waals surface area contributed by atoms with Crippen LogP contribution in [-0.4, -0.2) is 61.1 Å². The highest BCUT2D eigenvalue weighted by Crippen LogP contribution is 2.24. The van der Waals surface area contributed by atoms with Crippen LogP contribution in [-0.2, 0) is 9.59 Å². The normalized spacial score (nSPS) is 10.3. The Morgan fingerprint density at radius 3 is 2.38 bits per heavy atom. The van der Waals surface area contributed by atoms with Gasteiger partial charge in [-0.1, -0.05) is 24.3 Å². The van der Waals surface area contributed by atoms with Gasteiger partial charge in [0, 0.05) is 18.0 Å². The molecule has 6 heteroatoms. The standard InChI is InChI=1S/C18H25N3O2S/c1-5-11-21(12-6-2)18(23)14-20(3)13-17(22)19-15-9-7-8-10-16(15)24-4/h5-10H,1-2,11-14H2,3-4H3,(H,19,22). The molecule has 1 aromatic rings. The Labute approximate surface area is 148 Å². The molecule has 1 aromatic carbocycles. The van der Waals surface area contributed by atoms with Crippen molar-refractivity contribution in [3.8, 4) is 0 Å². The van der Waals surface area contributed by atoms with Crippen LogP contribution in [0.5, 0.6) is 0 Å². The zero-order valence-corrected chi connectivity index (χ0v) is 15.1. The van der Waals surface area contributed by atoms with Crippen molar-refractivity contribution in [3.05, 3.63) is 49.6 Å². The summed E-state index contributed by atoms with van der Waals surface area (Å²) in [7, 11) is 1.75. The topological polar surface area (TPSA) is 52.7 Å². The lowest BCUT2D eigenvalue weighted by Crippen LogP contribution is -2.41. The predicted octanol–water partition coefficient (Wildman–Crippen LogP) is 2.48. The number of carbonyl (C=O) groups is 2. The van der Waals surface area contributed by atoms with Crippen LogP contribution in [0, 0.1) is 0 Å². The Morgan fingerprint density at radius 1 is 1.17 bits per heavy atom. The van der Waals surface area contributed by atoms with Crippen molar-refractivity contribution >= 4 is 29.3 Å². The maximum absolute atomic E-state index is 12.2. The van der Waals surface area contributed by atoms with Crippen LogP contribution >= 0.6 is 11.8 Å². The number of nitrogens with one attached hydrogen (secondary N) is 1. The van der Waals surface area contributed by atoms with E-state index in [1.54, 1.807) is 40.8 Å². The lowest BCUT2D eigenvalue weighted by Gasteiger charge is -2.23. The average Bonchev–Trinajstić information content (AvgIpc) is 2.54. The van der Waals surface area contributed by atoms with Crippen LogP contribution in [0.15, 0.2) is 54.5 Å². The quantitative estimate of drug-likeness (QED) is 0.522. The van der Waals surface area contributed by atoms with Gasteiger partial charge in [0.2, 0.25) is 11.8 Å². The lowest BCUT2D eigenvalue weighted by atomic mass is 10.3. The third kappa shape index (κ3) is 6.60. The monoisotopic (exact) mass is 347 g/mol. The maximum Gasteiger partial charge on any atom is 0.238 e. The van der Waals surface area contributed by atoms with Crippen LogP contribution < -0.4 is 5.32 Å². The molecule has 0 bridgehead atoms. The third-order valence-corrected chi connectivity index (χ3v) is 4.05. The molecule has 0 aromatic heterocycles. The Hall–Kier alpha value is -2.05. The summed E-state index contributed by atoms with van der Waals surface area (Å²) in [6, 6.07) is 7.63. The summed E-state index contributed by atoms with van der Waals surface area (Å²) in [6.45, 7) is 8.53. The van der Waals surface area contributed by atoms with E-state index >= 15 is 0 Å². The molecule has 0 radical (unpaired) electrons. The van der Waals surface area contributed by atoms with Crippen LogP contribution in [0.3, 0.4) is 0 Å². The summed E-state index contributed by atoms with van der Waals surface area (Å²) in [5.41, 5.74) is 0.787. The van der Waals surface area contributed by atoms with Crippen LogP contribution in [0.25, 0.3) is 0 Å². The van der Waals surface area contributed by atoms with E-state index in [1.165, 1.54) is 0 Å². The highest BCUT2D eigenvalue weighted by atomic mass is 32.2. The molecule has 1 rings (SSSR count). The van der Waals surface area contributed by atoms with Gasteiger partial charge in [-0.3, -0.25) is 14.5 Å². The number of benzene rings is 1. The first-order valence-corrected chi connectivity index (χ1v) is 8.85. The molecule has 24 heavy (non-hydrogen) atoms. The van der Waals surface area contributed by atoms with Crippen molar-refractivity contribution in [2.75, 3.05) is 44.8 Å². The van der Waals surface area contributed by atoms with E-state index in [-0.39, 0.29) is 24.9 Å². The van der Waals surface area contributed by atoms with Crippen molar-refractivity contribution in [2.24, 2.45) is 0 Å². The van der Waals surface area contributed by atoms with Crippen molar-refractivity contribution < 1.29 is 9.59 Å². The molecule has 5 nitrogen and oxygen atoms in total. The fraction of sp³-hybridized carbons (Fsp3) is 0.333. The molecule has 0 saturated heterocycles. The molecule has 0 aliphatic heterocycles. The second kappa shape index (κ2) is 10.7. The number of anilines is 1. The summed E-state index contributed by atoms with van der Waals surface area (Å²) in [4.78, 5) is 28.7. The molecule has 0 heterocycles. The minimum atomic E-state index is -0.147. The molecule has 0 aliphatic carbocycles. The van der Waals surface area contributed by atoms with Gasteiger partial charge >= 0.3 is 0 Å². The lowest BCUT2D eigenvalue weighted by molar-refractivity contribution is -0.131. The van der Waals surface area contributed by atoms with E-state index in [4.69, 9.17) is 0 Å². The minimum absolute atomic E-state index is 0.0605. The Balaban J connectivity index is 2.55. The van der Waals surface area contributed by atoms with Crippen LogP contribution in [0.2, 0.25) is 0 Å². The smallest absolute Gasteiger partial charge is 0.238 e. The molecule has 130 valence electrons. The molecular weight excluding hydrogens is 322 g/mol. The molecule has 2 amide bonds. The molecule has 0 saturated carbocycles. The van der Waals surface area contributed by atoms with Crippen molar-refractivity contribution in [3.63, 3.8) is 0 Å². The molecule has 0 spiro atoms. The van der Waals surface area contributed by atoms with E-state index in [0.717, 1.165) is 10.6 Å².